The molecule has 1 heterocycles. The number of furan rings is 1. The average Bonchev–Trinajstić information content (AvgIpc) is 2.87. The highest BCUT2D eigenvalue weighted by atomic mass is 32.1. The van der Waals surface area contributed by atoms with Crippen LogP contribution in [0.2, 0.25) is 0 Å². The number of nitrogens with zero attached hydrogens (tertiary/aromatic N) is 1. The summed E-state index contributed by atoms with van der Waals surface area (Å²) in [6.45, 7) is 0. The Balaban J connectivity index is 2.14. The second kappa shape index (κ2) is 5.98. The highest BCUT2D eigenvalue weighted by Crippen LogP contribution is 2.21. The van der Waals surface area contributed by atoms with E-state index in [2.05, 4.69) is 22.7 Å². The Hall–Kier alpha value is -2.67. The molecule has 1 aromatic carbocycles. The number of carbonyl (C=O) groups is 1. The Morgan fingerprint density at radius 1 is 1.20 bits per heavy atom. The van der Waals surface area contributed by atoms with Crippen molar-refractivity contribution in [3.05, 3.63) is 47.7 Å². The van der Waals surface area contributed by atoms with Gasteiger partial charge in [-0.25, -0.2) is 0 Å². The fraction of sp³-hybridized carbons (Fsp3) is 0. The van der Waals surface area contributed by atoms with E-state index in [-0.39, 0.29) is 5.11 Å². The number of hydrogen-bond donors (Lipinski definition) is 3. The molecular formula is C13H12N4O2S. The summed E-state index contributed by atoms with van der Waals surface area (Å²) in [6, 6.07) is 10.3. The van der Waals surface area contributed by atoms with Crippen LogP contribution < -0.4 is 16.9 Å². The molecule has 1 amide bonds. The molecule has 2 rings (SSSR count). The highest BCUT2D eigenvalue weighted by Gasteiger charge is 2.05. The molecule has 0 fully saturated rings. The van der Waals surface area contributed by atoms with Crippen LogP contribution in [-0.4, -0.2) is 17.2 Å². The maximum atomic E-state index is 11.0. The Morgan fingerprint density at radius 3 is 2.50 bits per heavy atom. The van der Waals surface area contributed by atoms with Crippen LogP contribution in [0.4, 0.5) is 0 Å². The van der Waals surface area contributed by atoms with Crippen molar-refractivity contribution >= 4 is 29.5 Å². The smallest absolute Gasteiger partial charge is 0.248 e. The fourth-order valence-electron chi connectivity index (χ4n) is 1.54. The number of carbonyl (C=O) groups excluding carboxylic acids is 1. The van der Waals surface area contributed by atoms with Gasteiger partial charge in [0.15, 0.2) is 5.11 Å². The predicted molar refractivity (Wildman–Crippen MR) is 80.2 cm³/mol. The maximum absolute atomic E-state index is 11.0. The molecule has 0 spiro atoms. The zero-order valence-electron chi connectivity index (χ0n) is 10.4. The molecule has 2 aromatic rings. The summed E-state index contributed by atoms with van der Waals surface area (Å²) in [5.41, 5.74) is 14.1. The molecule has 5 N–H and O–H groups in total. The van der Waals surface area contributed by atoms with E-state index in [9.17, 15) is 4.79 Å². The number of thiocarbonyl (C=S) groups is 1. The number of benzene rings is 1. The number of nitrogens with two attached hydrogens (primary N) is 2. The van der Waals surface area contributed by atoms with Crippen molar-refractivity contribution in [3.63, 3.8) is 0 Å². The van der Waals surface area contributed by atoms with Crippen molar-refractivity contribution in [1.82, 2.24) is 5.43 Å². The van der Waals surface area contributed by atoms with Crippen molar-refractivity contribution in [2.45, 2.75) is 0 Å². The highest BCUT2D eigenvalue weighted by molar-refractivity contribution is 7.80. The molecular weight excluding hydrogens is 276 g/mol. The number of primary amides is 1. The molecule has 0 unspecified atom stereocenters. The standard InChI is InChI=1S/C13H12N4O2S/c14-12(18)9-3-1-8(2-4-9)11-6-5-10(19-11)7-16-17-13(15)20/h1-7H,(H2,14,18)(H3,15,17,20)/b16-7+. The molecule has 0 saturated carbocycles. The lowest BCUT2D eigenvalue weighted by atomic mass is 10.1. The van der Waals surface area contributed by atoms with E-state index in [4.69, 9.17) is 15.9 Å². The van der Waals surface area contributed by atoms with E-state index >= 15 is 0 Å². The van der Waals surface area contributed by atoms with Crippen LogP contribution in [-0.2, 0) is 0 Å². The van der Waals surface area contributed by atoms with Crippen LogP contribution in [0.1, 0.15) is 16.1 Å². The first-order valence-corrected chi connectivity index (χ1v) is 6.05. The van der Waals surface area contributed by atoms with Gasteiger partial charge in [0.2, 0.25) is 5.91 Å². The second-order valence-corrected chi connectivity index (χ2v) is 4.32. The van der Waals surface area contributed by atoms with Crippen molar-refractivity contribution < 1.29 is 9.21 Å². The topological polar surface area (TPSA) is 107 Å². The Labute approximate surface area is 120 Å². The summed E-state index contributed by atoms with van der Waals surface area (Å²) in [5.74, 6) is 0.730. The van der Waals surface area contributed by atoms with Gasteiger partial charge in [-0.05, 0) is 36.5 Å². The zero-order chi connectivity index (χ0) is 14.5. The van der Waals surface area contributed by atoms with Gasteiger partial charge in [-0.1, -0.05) is 12.1 Å². The molecule has 0 aliphatic rings. The summed E-state index contributed by atoms with van der Waals surface area (Å²) in [7, 11) is 0. The van der Waals surface area contributed by atoms with E-state index in [1.165, 1.54) is 6.21 Å². The van der Waals surface area contributed by atoms with E-state index in [0.29, 0.717) is 17.1 Å². The van der Waals surface area contributed by atoms with Crippen molar-refractivity contribution in [2.24, 2.45) is 16.6 Å². The maximum Gasteiger partial charge on any atom is 0.248 e. The fourth-order valence-corrected chi connectivity index (χ4v) is 1.59. The van der Waals surface area contributed by atoms with Gasteiger partial charge in [0.05, 0.1) is 6.21 Å². The lowest BCUT2D eigenvalue weighted by Gasteiger charge is -1.98. The van der Waals surface area contributed by atoms with Crippen LogP contribution in [0.5, 0.6) is 0 Å². The van der Waals surface area contributed by atoms with Crippen LogP contribution in [0, 0.1) is 0 Å². The van der Waals surface area contributed by atoms with Crippen molar-refractivity contribution in [2.75, 3.05) is 0 Å². The summed E-state index contributed by atoms with van der Waals surface area (Å²) >= 11 is 4.61. The normalized spacial score (nSPS) is 10.6. The molecule has 0 aliphatic carbocycles. The minimum Gasteiger partial charge on any atom is -0.455 e. The first-order valence-electron chi connectivity index (χ1n) is 5.65. The van der Waals surface area contributed by atoms with Gasteiger partial charge in [-0.15, -0.1) is 0 Å². The van der Waals surface area contributed by atoms with E-state index in [1.807, 2.05) is 0 Å². The molecule has 1 aromatic heterocycles. The largest absolute Gasteiger partial charge is 0.455 e. The van der Waals surface area contributed by atoms with Crippen LogP contribution in [0.15, 0.2) is 45.9 Å². The van der Waals surface area contributed by atoms with Gasteiger partial charge >= 0.3 is 0 Å². The van der Waals surface area contributed by atoms with E-state index < -0.39 is 5.91 Å². The number of hydrogen-bond acceptors (Lipinski definition) is 4. The van der Waals surface area contributed by atoms with Crippen LogP contribution in [0.25, 0.3) is 11.3 Å². The number of rotatable bonds is 4. The molecule has 102 valence electrons. The van der Waals surface area contributed by atoms with Gasteiger partial charge in [-0.3, -0.25) is 10.2 Å². The number of amides is 1. The molecule has 0 bridgehead atoms. The molecule has 20 heavy (non-hydrogen) atoms. The molecule has 0 aliphatic heterocycles. The van der Waals surface area contributed by atoms with E-state index in [0.717, 1.165) is 5.56 Å². The summed E-state index contributed by atoms with van der Waals surface area (Å²) in [6.07, 6.45) is 1.46. The van der Waals surface area contributed by atoms with Crippen molar-refractivity contribution in [1.29, 1.82) is 0 Å². The minimum atomic E-state index is -0.465. The number of hydrazone groups is 1. The Bertz CT molecular complexity index is 661. The summed E-state index contributed by atoms with van der Waals surface area (Å²) in [4.78, 5) is 11.0. The average molecular weight is 288 g/mol. The summed E-state index contributed by atoms with van der Waals surface area (Å²) in [5, 5.41) is 3.87. The second-order valence-electron chi connectivity index (χ2n) is 3.88. The van der Waals surface area contributed by atoms with Gasteiger partial charge in [0.1, 0.15) is 11.5 Å². The SMILES string of the molecule is NC(=O)c1ccc(-c2ccc(/C=N/NC(N)=S)o2)cc1. The third kappa shape index (κ3) is 3.42. The number of nitrogens with one attached hydrogen (secondary N) is 1. The third-order valence-electron chi connectivity index (χ3n) is 2.45. The monoisotopic (exact) mass is 288 g/mol. The molecule has 0 radical (unpaired) electrons. The molecule has 7 heteroatoms. The van der Waals surface area contributed by atoms with Gasteiger partial charge in [-0.2, -0.15) is 5.10 Å². The van der Waals surface area contributed by atoms with Gasteiger partial charge in [0, 0.05) is 11.1 Å². The van der Waals surface area contributed by atoms with Crippen LogP contribution >= 0.6 is 12.2 Å². The third-order valence-corrected chi connectivity index (χ3v) is 2.54. The minimum absolute atomic E-state index is 0.0788. The first kappa shape index (κ1) is 13.8. The van der Waals surface area contributed by atoms with Gasteiger partial charge < -0.3 is 15.9 Å². The zero-order valence-corrected chi connectivity index (χ0v) is 11.2. The summed E-state index contributed by atoms with van der Waals surface area (Å²) < 4.78 is 5.56. The Morgan fingerprint density at radius 2 is 1.90 bits per heavy atom. The molecule has 0 saturated heterocycles. The van der Waals surface area contributed by atoms with Crippen molar-refractivity contribution in [3.8, 4) is 11.3 Å². The lowest BCUT2D eigenvalue weighted by molar-refractivity contribution is 0.100. The Kier molecular flexibility index (Phi) is 4.11. The quantitative estimate of drug-likeness (QED) is 0.445. The predicted octanol–water partition coefficient (Wildman–Crippen LogP) is 1.21. The molecule has 6 nitrogen and oxygen atoms in total. The molecule has 0 atom stereocenters. The van der Waals surface area contributed by atoms with Gasteiger partial charge in [0.25, 0.3) is 0 Å². The van der Waals surface area contributed by atoms with E-state index in [1.54, 1.807) is 36.4 Å². The lowest BCUT2D eigenvalue weighted by Crippen LogP contribution is -2.23. The first-order chi connectivity index (χ1) is 9.56. The van der Waals surface area contributed by atoms with Crippen LogP contribution in [0.3, 0.4) is 0 Å².